The van der Waals surface area contributed by atoms with Crippen molar-refractivity contribution in [3.8, 4) is 5.75 Å². The fourth-order valence-electron chi connectivity index (χ4n) is 2.54. The van der Waals surface area contributed by atoms with Crippen molar-refractivity contribution in [2.45, 2.75) is 44.6 Å². The molecule has 2 rings (SSSR count). The predicted molar refractivity (Wildman–Crippen MR) is 96.9 cm³/mol. The van der Waals surface area contributed by atoms with Gasteiger partial charge in [0.1, 0.15) is 5.75 Å². The van der Waals surface area contributed by atoms with Crippen LogP contribution in [0, 0.1) is 0 Å². The zero-order valence-corrected chi connectivity index (χ0v) is 15.4. The number of nitrogens with one attached hydrogen (secondary N) is 1. The Morgan fingerprint density at radius 1 is 1.04 bits per heavy atom. The van der Waals surface area contributed by atoms with Crippen LogP contribution in [0.1, 0.15) is 50.8 Å². The van der Waals surface area contributed by atoms with Gasteiger partial charge in [0.25, 0.3) is 0 Å². The topological polar surface area (TPSA) is 55.4 Å². The lowest BCUT2D eigenvalue weighted by Gasteiger charge is -2.17. The summed E-state index contributed by atoms with van der Waals surface area (Å²) in [5, 5.41) is 0. The van der Waals surface area contributed by atoms with E-state index in [1.165, 1.54) is 0 Å². The van der Waals surface area contributed by atoms with Crippen LogP contribution < -0.4 is 9.46 Å². The molecule has 130 valence electrons. The van der Waals surface area contributed by atoms with Crippen LogP contribution in [0.25, 0.3) is 0 Å². The summed E-state index contributed by atoms with van der Waals surface area (Å²) in [5.74, 6) is 0.913. The maximum absolute atomic E-state index is 12.7. The first-order valence-corrected chi connectivity index (χ1v) is 9.67. The molecular weight excluding hydrogens is 322 g/mol. The van der Waals surface area contributed by atoms with E-state index in [2.05, 4.69) is 4.72 Å². The molecule has 0 radical (unpaired) electrons. The Morgan fingerprint density at radius 2 is 1.71 bits per heavy atom. The lowest BCUT2D eigenvalue weighted by atomic mass is 10.0. The second-order valence-corrected chi connectivity index (χ2v) is 7.75. The van der Waals surface area contributed by atoms with Crippen LogP contribution in [0.15, 0.2) is 53.4 Å². The minimum atomic E-state index is -3.60. The zero-order valence-electron chi connectivity index (χ0n) is 14.6. The number of sulfonamides is 1. The van der Waals surface area contributed by atoms with Crippen molar-refractivity contribution in [2.75, 3.05) is 6.61 Å². The molecule has 0 fully saturated rings. The molecule has 0 aliphatic heterocycles. The fourth-order valence-corrected chi connectivity index (χ4v) is 3.81. The predicted octanol–water partition coefficient (Wildman–Crippen LogP) is 4.25. The zero-order chi connectivity index (χ0) is 17.7. The van der Waals surface area contributed by atoms with Crippen LogP contribution in [0.3, 0.4) is 0 Å². The molecule has 0 unspecified atom stereocenters. The van der Waals surface area contributed by atoms with Crippen LogP contribution in [-0.2, 0) is 10.0 Å². The van der Waals surface area contributed by atoms with Crippen LogP contribution in [-0.4, -0.2) is 15.0 Å². The Labute approximate surface area is 144 Å². The second kappa shape index (κ2) is 7.81. The molecule has 0 aliphatic carbocycles. The molecule has 0 heterocycles. The highest BCUT2D eigenvalue weighted by molar-refractivity contribution is 7.89. The van der Waals surface area contributed by atoms with Gasteiger partial charge in [-0.2, -0.15) is 0 Å². The minimum Gasteiger partial charge on any atom is -0.494 e. The van der Waals surface area contributed by atoms with Gasteiger partial charge in [0.05, 0.1) is 11.5 Å². The largest absolute Gasteiger partial charge is 0.494 e. The number of rotatable bonds is 7. The molecule has 24 heavy (non-hydrogen) atoms. The molecule has 2 aromatic carbocycles. The molecule has 0 amide bonds. The quantitative estimate of drug-likeness (QED) is 0.815. The average molecular weight is 347 g/mol. The van der Waals surface area contributed by atoms with Crippen molar-refractivity contribution >= 4 is 10.0 Å². The molecule has 0 saturated heterocycles. The van der Waals surface area contributed by atoms with Crippen LogP contribution >= 0.6 is 0 Å². The monoisotopic (exact) mass is 347 g/mol. The molecule has 4 nitrogen and oxygen atoms in total. The lowest BCUT2D eigenvalue weighted by Crippen LogP contribution is -2.27. The number of hydrogen-bond acceptors (Lipinski definition) is 3. The Morgan fingerprint density at radius 3 is 2.29 bits per heavy atom. The Hall–Kier alpha value is -1.85. The van der Waals surface area contributed by atoms with E-state index in [0.29, 0.717) is 6.61 Å². The normalized spacial score (nSPS) is 13.0. The van der Waals surface area contributed by atoms with E-state index >= 15 is 0 Å². The summed E-state index contributed by atoms with van der Waals surface area (Å²) in [4.78, 5) is 0.262. The molecular formula is C19H25NO3S. The fraction of sp³-hybridized carbons (Fsp3) is 0.368. The van der Waals surface area contributed by atoms with Crippen LogP contribution in [0.5, 0.6) is 5.75 Å². The molecule has 2 aromatic rings. The molecule has 5 heteroatoms. The average Bonchev–Trinajstić information content (AvgIpc) is 2.55. The molecule has 1 N–H and O–H groups in total. The minimum absolute atomic E-state index is 0.174. The smallest absolute Gasteiger partial charge is 0.241 e. The van der Waals surface area contributed by atoms with E-state index in [4.69, 9.17) is 4.74 Å². The molecule has 0 aromatic heterocycles. The van der Waals surface area contributed by atoms with Gasteiger partial charge in [-0.05, 0) is 49.1 Å². The van der Waals surface area contributed by atoms with E-state index in [-0.39, 0.29) is 16.9 Å². The first-order chi connectivity index (χ1) is 11.3. The van der Waals surface area contributed by atoms with Crippen molar-refractivity contribution < 1.29 is 13.2 Å². The van der Waals surface area contributed by atoms with Gasteiger partial charge in [0, 0.05) is 6.04 Å². The van der Waals surface area contributed by atoms with Gasteiger partial charge in [-0.25, -0.2) is 13.1 Å². The first-order valence-electron chi connectivity index (χ1n) is 8.19. The number of ether oxygens (including phenoxy) is 1. The summed E-state index contributed by atoms with van der Waals surface area (Å²) < 4.78 is 33.8. The highest BCUT2D eigenvalue weighted by Crippen LogP contribution is 2.29. The molecule has 1 atom stereocenters. The second-order valence-electron chi connectivity index (χ2n) is 6.04. The molecule has 0 saturated carbocycles. The SMILES string of the molecule is CCOc1ccc(S(=O)(=O)N[C@H](C)c2ccccc2)cc1C(C)C. The van der Waals surface area contributed by atoms with Gasteiger partial charge in [-0.3, -0.25) is 0 Å². The van der Waals surface area contributed by atoms with Crippen LogP contribution in [0.4, 0.5) is 0 Å². The van der Waals surface area contributed by atoms with Crippen molar-refractivity contribution in [3.05, 3.63) is 59.7 Å². The first kappa shape index (κ1) is 18.5. The maximum atomic E-state index is 12.7. The third-order valence-electron chi connectivity index (χ3n) is 3.84. The third kappa shape index (κ3) is 4.36. The third-order valence-corrected chi connectivity index (χ3v) is 5.38. The molecule has 0 bridgehead atoms. The molecule has 0 spiro atoms. The lowest BCUT2D eigenvalue weighted by molar-refractivity contribution is 0.335. The summed E-state index contributed by atoms with van der Waals surface area (Å²) in [5.41, 5.74) is 1.82. The van der Waals surface area contributed by atoms with E-state index in [9.17, 15) is 8.42 Å². The van der Waals surface area contributed by atoms with Crippen molar-refractivity contribution in [3.63, 3.8) is 0 Å². The van der Waals surface area contributed by atoms with Crippen molar-refractivity contribution in [2.24, 2.45) is 0 Å². The highest BCUT2D eigenvalue weighted by atomic mass is 32.2. The van der Waals surface area contributed by atoms with Gasteiger partial charge in [0.2, 0.25) is 10.0 Å². The van der Waals surface area contributed by atoms with Gasteiger partial charge < -0.3 is 4.74 Å². The summed E-state index contributed by atoms with van der Waals surface area (Å²) in [6.07, 6.45) is 0. The van der Waals surface area contributed by atoms with E-state index in [1.807, 2.05) is 58.0 Å². The Bertz CT molecular complexity index is 770. The van der Waals surface area contributed by atoms with Gasteiger partial charge in [0.15, 0.2) is 0 Å². The van der Waals surface area contributed by atoms with E-state index < -0.39 is 10.0 Å². The summed E-state index contributed by atoms with van der Waals surface area (Å²) in [6, 6.07) is 14.3. The Kier molecular flexibility index (Phi) is 6.02. The Balaban J connectivity index is 2.30. The number of benzene rings is 2. The van der Waals surface area contributed by atoms with Gasteiger partial charge in [-0.1, -0.05) is 44.2 Å². The summed E-state index contributed by atoms with van der Waals surface area (Å²) >= 11 is 0. The van der Waals surface area contributed by atoms with Crippen molar-refractivity contribution in [1.29, 1.82) is 0 Å². The van der Waals surface area contributed by atoms with E-state index in [0.717, 1.165) is 16.9 Å². The van der Waals surface area contributed by atoms with Gasteiger partial charge >= 0.3 is 0 Å². The molecule has 0 aliphatic rings. The summed E-state index contributed by atoms with van der Waals surface area (Å²) in [7, 11) is -3.60. The highest BCUT2D eigenvalue weighted by Gasteiger charge is 2.20. The van der Waals surface area contributed by atoms with E-state index in [1.54, 1.807) is 18.2 Å². The van der Waals surface area contributed by atoms with Crippen LogP contribution in [0.2, 0.25) is 0 Å². The van der Waals surface area contributed by atoms with Crippen molar-refractivity contribution in [1.82, 2.24) is 4.72 Å². The summed E-state index contributed by atoms with van der Waals surface area (Å²) in [6.45, 7) is 8.35. The standard InChI is InChI=1S/C19H25NO3S/c1-5-23-19-12-11-17(13-18(19)14(2)3)24(21,22)20-15(4)16-9-7-6-8-10-16/h6-15,20H,5H2,1-4H3/t15-/m1/s1. The maximum Gasteiger partial charge on any atom is 0.241 e. The number of hydrogen-bond donors (Lipinski definition) is 1. The van der Waals surface area contributed by atoms with Gasteiger partial charge in [-0.15, -0.1) is 0 Å².